The van der Waals surface area contributed by atoms with Crippen molar-refractivity contribution < 1.29 is 10.2 Å². The molecule has 0 spiro atoms. The van der Waals surface area contributed by atoms with Crippen molar-refractivity contribution in [3.8, 4) is 0 Å². The van der Waals surface area contributed by atoms with Gasteiger partial charge in [0.15, 0.2) is 0 Å². The molecule has 6 atom stereocenters. The molecule has 5 fully saturated rings. The molecule has 0 aromatic heterocycles. The Labute approximate surface area is 245 Å². The first-order valence-corrected chi connectivity index (χ1v) is 16.4. The Bertz CT molecular complexity index is 502. The minimum atomic E-state index is -0.112. The summed E-state index contributed by atoms with van der Waals surface area (Å²) in [4.78, 5) is 0. The van der Waals surface area contributed by atoms with Gasteiger partial charge in [0.25, 0.3) is 0 Å². The van der Waals surface area contributed by atoms with Crippen LogP contribution < -0.4 is 45.9 Å². The number of hydrogen-bond donors (Lipinski definition) is 10. The molecule has 10 heteroatoms. The molecule has 6 unspecified atom stereocenters. The monoisotopic (exact) mass is 573 g/mol. The van der Waals surface area contributed by atoms with Crippen molar-refractivity contribution in [3.05, 3.63) is 0 Å². The number of hydrogen-bond acceptors (Lipinski definition) is 10. The predicted octanol–water partition coefficient (Wildman–Crippen LogP) is 1.14. The van der Waals surface area contributed by atoms with E-state index in [-0.39, 0.29) is 30.3 Å². The van der Waals surface area contributed by atoms with Crippen molar-refractivity contribution in [2.75, 3.05) is 0 Å². The third-order valence-electron chi connectivity index (χ3n) is 8.88. The van der Waals surface area contributed by atoms with Crippen LogP contribution in [0.2, 0.25) is 0 Å². The quantitative estimate of drug-likeness (QED) is 0.198. The number of rotatable bonds is 0. The van der Waals surface area contributed by atoms with E-state index < -0.39 is 0 Å². The van der Waals surface area contributed by atoms with Crippen LogP contribution in [-0.2, 0) is 0 Å². The smallest absolute Gasteiger partial charge is 0.0555 e. The number of aliphatic hydroxyl groups excluding tert-OH is 2. The van der Waals surface area contributed by atoms with Gasteiger partial charge in [0.05, 0.1) is 12.2 Å². The van der Waals surface area contributed by atoms with Crippen LogP contribution >= 0.6 is 0 Å². The first-order chi connectivity index (χ1) is 19.0. The van der Waals surface area contributed by atoms with Gasteiger partial charge in [-0.1, -0.05) is 19.3 Å². The molecule has 0 bridgehead atoms. The van der Waals surface area contributed by atoms with Crippen molar-refractivity contribution in [3.63, 3.8) is 0 Å². The van der Waals surface area contributed by atoms with Crippen LogP contribution in [0.15, 0.2) is 0 Å². The molecule has 0 saturated heterocycles. The van der Waals surface area contributed by atoms with Gasteiger partial charge in [0.2, 0.25) is 0 Å². The highest BCUT2D eigenvalue weighted by Crippen LogP contribution is 2.17. The SMILES string of the molecule is NC1CCC(N)CC1.NC1CCC(O)CC1.NC1CCCC(N)C1.NC1CCCC(O)C1.NC1CCCCC1N. The number of nitrogens with two attached hydrogens (primary N) is 8. The molecule has 5 saturated carbocycles. The zero-order valence-electron chi connectivity index (χ0n) is 25.4. The maximum atomic E-state index is 9.00. The second kappa shape index (κ2) is 22.2. The van der Waals surface area contributed by atoms with E-state index in [0.29, 0.717) is 30.2 Å². The molecule has 5 rings (SSSR count). The molecule has 0 heterocycles. The van der Waals surface area contributed by atoms with Crippen LogP contribution in [0.4, 0.5) is 0 Å². The van der Waals surface area contributed by atoms with E-state index in [1.54, 1.807) is 0 Å². The van der Waals surface area contributed by atoms with E-state index in [1.807, 2.05) is 0 Å². The van der Waals surface area contributed by atoms with E-state index in [4.69, 9.17) is 56.1 Å². The maximum Gasteiger partial charge on any atom is 0.0555 e. The molecule has 10 nitrogen and oxygen atoms in total. The summed E-state index contributed by atoms with van der Waals surface area (Å²) in [6.45, 7) is 0. The van der Waals surface area contributed by atoms with Crippen molar-refractivity contribution >= 4 is 0 Å². The molecule has 5 aliphatic carbocycles. The predicted molar refractivity (Wildman–Crippen MR) is 168 cm³/mol. The van der Waals surface area contributed by atoms with E-state index in [1.165, 1.54) is 32.1 Å². The van der Waals surface area contributed by atoms with E-state index in [0.717, 1.165) is 96.3 Å². The third kappa shape index (κ3) is 19.7. The molecule has 40 heavy (non-hydrogen) atoms. The van der Waals surface area contributed by atoms with Crippen LogP contribution in [0.3, 0.4) is 0 Å². The van der Waals surface area contributed by atoms with Crippen molar-refractivity contribution in [2.45, 2.75) is 189 Å². The highest BCUT2D eigenvalue weighted by molar-refractivity contribution is 4.80. The molecular formula is C30H68N8O2. The van der Waals surface area contributed by atoms with Crippen LogP contribution in [0, 0.1) is 0 Å². The van der Waals surface area contributed by atoms with Gasteiger partial charge in [-0.25, -0.2) is 0 Å². The molecule has 18 N–H and O–H groups in total. The van der Waals surface area contributed by atoms with E-state index in [2.05, 4.69) is 0 Å². The van der Waals surface area contributed by atoms with Crippen LogP contribution in [0.1, 0.15) is 128 Å². The van der Waals surface area contributed by atoms with Gasteiger partial charge in [-0.15, -0.1) is 0 Å². The van der Waals surface area contributed by atoms with Crippen LogP contribution in [0.5, 0.6) is 0 Å². The van der Waals surface area contributed by atoms with Gasteiger partial charge < -0.3 is 56.1 Å². The molecule has 0 aromatic carbocycles. The van der Waals surface area contributed by atoms with Gasteiger partial charge >= 0.3 is 0 Å². The molecule has 5 aliphatic rings. The fourth-order valence-corrected chi connectivity index (χ4v) is 5.90. The summed E-state index contributed by atoms with van der Waals surface area (Å²) in [6, 6.07) is 2.84. The highest BCUT2D eigenvalue weighted by atomic mass is 16.3. The fourth-order valence-electron chi connectivity index (χ4n) is 5.90. The standard InChI is InChI=1S/3C6H14N2.2C6H13NO/c7-5-1-2-6(8)4-3-5;7-5-2-1-3-6(8)4-5;7-5-3-1-2-4-6(5)8;7-5-1-3-6(8)4-2-5;7-5-2-1-3-6(8)4-5/h3*5-6H,1-4,7-8H2;2*5-6,8H,1-4,7H2. The topological polar surface area (TPSA) is 249 Å². The minimum absolute atomic E-state index is 0.0604. The van der Waals surface area contributed by atoms with Crippen molar-refractivity contribution in [1.82, 2.24) is 0 Å². The average molecular weight is 573 g/mol. The highest BCUT2D eigenvalue weighted by Gasteiger charge is 2.18. The van der Waals surface area contributed by atoms with Gasteiger partial charge in [-0.05, 0) is 109 Å². The first kappa shape index (κ1) is 37.6. The summed E-state index contributed by atoms with van der Waals surface area (Å²) >= 11 is 0. The zero-order chi connectivity index (χ0) is 29.9. The Kier molecular flexibility index (Phi) is 20.9. The Morgan fingerprint density at radius 1 is 0.300 bits per heavy atom. The van der Waals surface area contributed by atoms with Gasteiger partial charge in [-0.2, -0.15) is 0 Å². The summed E-state index contributed by atoms with van der Waals surface area (Å²) in [6.07, 6.45) is 21.5. The summed E-state index contributed by atoms with van der Waals surface area (Å²) in [5.74, 6) is 0. The fraction of sp³-hybridized carbons (Fsp3) is 1.00. The summed E-state index contributed by atoms with van der Waals surface area (Å²) in [5.41, 5.74) is 45.0. The van der Waals surface area contributed by atoms with Gasteiger partial charge in [0.1, 0.15) is 0 Å². The van der Waals surface area contributed by atoms with Gasteiger partial charge in [0, 0.05) is 48.3 Å². The van der Waals surface area contributed by atoms with E-state index >= 15 is 0 Å². The maximum absolute atomic E-state index is 9.00. The second-order valence-electron chi connectivity index (χ2n) is 13.1. The van der Waals surface area contributed by atoms with Crippen LogP contribution in [-0.4, -0.2) is 70.8 Å². The van der Waals surface area contributed by atoms with E-state index in [9.17, 15) is 0 Å². The molecule has 0 radical (unpaired) electrons. The van der Waals surface area contributed by atoms with Crippen molar-refractivity contribution in [2.24, 2.45) is 45.9 Å². The molecular weight excluding hydrogens is 504 g/mol. The third-order valence-corrected chi connectivity index (χ3v) is 8.88. The van der Waals surface area contributed by atoms with Crippen molar-refractivity contribution in [1.29, 1.82) is 0 Å². The Hall–Kier alpha value is -0.400. The zero-order valence-corrected chi connectivity index (χ0v) is 25.4. The normalized spacial score (nSPS) is 39.8. The first-order valence-electron chi connectivity index (χ1n) is 16.4. The Morgan fingerprint density at radius 2 is 0.650 bits per heavy atom. The lowest BCUT2D eigenvalue weighted by atomic mass is 9.92. The summed E-state index contributed by atoms with van der Waals surface area (Å²) in [7, 11) is 0. The van der Waals surface area contributed by atoms with Gasteiger partial charge in [-0.3, -0.25) is 0 Å². The summed E-state index contributed by atoms with van der Waals surface area (Å²) < 4.78 is 0. The minimum Gasteiger partial charge on any atom is -0.393 e. The van der Waals surface area contributed by atoms with Crippen LogP contribution in [0.25, 0.3) is 0 Å². The number of aliphatic hydroxyl groups is 2. The lowest BCUT2D eigenvalue weighted by Crippen LogP contribution is -2.43. The summed E-state index contributed by atoms with van der Waals surface area (Å²) in [5, 5.41) is 18.0. The Balaban J connectivity index is 0.000000250. The molecule has 0 aromatic rings. The largest absolute Gasteiger partial charge is 0.393 e. The Morgan fingerprint density at radius 3 is 0.900 bits per heavy atom. The lowest BCUT2D eigenvalue weighted by molar-refractivity contribution is 0.120. The second-order valence-corrected chi connectivity index (χ2v) is 13.1. The lowest BCUT2D eigenvalue weighted by Gasteiger charge is -2.24. The molecule has 0 aliphatic heterocycles. The average Bonchev–Trinajstić information content (AvgIpc) is 2.91. The molecule has 240 valence electrons. The molecule has 0 amide bonds.